The zero-order chi connectivity index (χ0) is 14.2. The second-order valence-corrected chi connectivity index (χ2v) is 5.23. The van der Waals surface area contributed by atoms with E-state index in [0.717, 1.165) is 0 Å². The Morgan fingerprint density at radius 3 is 2.68 bits per heavy atom. The van der Waals surface area contributed by atoms with Crippen molar-refractivity contribution in [3.63, 3.8) is 0 Å². The number of nitrogens with zero attached hydrogens (tertiary/aromatic N) is 2. The van der Waals surface area contributed by atoms with Crippen molar-refractivity contribution in [2.24, 2.45) is 5.92 Å². The molecule has 0 spiro atoms. The van der Waals surface area contributed by atoms with Crippen LogP contribution in [0.2, 0.25) is 10.0 Å². The quantitative estimate of drug-likeness (QED) is 0.881. The van der Waals surface area contributed by atoms with E-state index < -0.39 is 0 Å². The molecule has 2 rings (SSSR count). The van der Waals surface area contributed by atoms with Gasteiger partial charge in [0, 0.05) is 5.92 Å². The Morgan fingerprint density at radius 2 is 2.05 bits per heavy atom. The van der Waals surface area contributed by atoms with Crippen molar-refractivity contribution in [2.75, 3.05) is 5.73 Å². The number of rotatable bonds is 3. The molecule has 1 heterocycles. The normalized spacial score (nSPS) is 11.0. The molecule has 0 atom stereocenters. The molecule has 0 radical (unpaired) electrons. The number of carbonyl (C=O) groups is 1. The first kappa shape index (κ1) is 13.9. The molecule has 6 heteroatoms. The lowest BCUT2D eigenvalue weighted by atomic mass is 10.0. The molecule has 19 heavy (non-hydrogen) atoms. The molecular formula is C13H13Cl2N3O. The van der Waals surface area contributed by atoms with E-state index in [9.17, 15) is 4.79 Å². The van der Waals surface area contributed by atoms with Gasteiger partial charge in [0.05, 0.1) is 27.5 Å². The molecular weight excluding hydrogens is 285 g/mol. The lowest BCUT2D eigenvalue weighted by Crippen LogP contribution is -2.10. The van der Waals surface area contributed by atoms with Crippen LogP contribution in [0.3, 0.4) is 0 Å². The maximum Gasteiger partial charge on any atom is 0.170 e. The molecule has 0 amide bonds. The summed E-state index contributed by atoms with van der Waals surface area (Å²) in [6, 6.07) is 5.16. The van der Waals surface area contributed by atoms with Crippen molar-refractivity contribution in [1.29, 1.82) is 0 Å². The summed E-state index contributed by atoms with van der Waals surface area (Å²) in [6.07, 6.45) is 1.45. The van der Waals surface area contributed by atoms with Gasteiger partial charge in [0.15, 0.2) is 5.78 Å². The lowest BCUT2D eigenvalue weighted by Gasteiger charge is -2.08. The number of hydrogen-bond acceptors (Lipinski definition) is 3. The Labute approximate surface area is 121 Å². The Hall–Kier alpha value is -1.52. The molecule has 2 N–H and O–H groups in total. The van der Waals surface area contributed by atoms with Crippen LogP contribution in [-0.2, 0) is 0 Å². The summed E-state index contributed by atoms with van der Waals surface area (Å²) < 4.78 is 1.42. The number of nitrogens with two attached hydrogens (primary N) is 1. The topological polar surface area (TPSA) is 60.9 Å². The number of nitrogen functional groups attached to an aromatic ring is 1. The average Bonchev–Trinajstić information content (AvgIpc) is 2.73. The predicted molar refractivity (Wildman–Crippen MR) is 77.2 cm³/mol. The van der Waals surface area contributed by atoms with Crippen molar-refractivity contribution in [1.82, 2.24) is 9.78 Å². The summed E-state index contributed by atoms with van der Waals surface area (Å²) in [7, 11) is 0. The molecule has 0 aliphatic heterocycles. The second kappa shape index (κ2) is 5.23. The van der Waals surface area contributed by atoms with Crippen molar-refractivity contribution < 1.29 is 4.79 Å². The minimum atomic E-state index is -0.144. The molecule has 0 aliphatic rings. The third kappa shape index (κ3) is 2.46. The number of ketones is 1. The maximum atomic E-state index is 12.0. The van der Waals surface area contributed by atoms with Crippen molar-refractivity contribution in [2.45, 2.75) is 13.8 Å². The number of hydrogen-bond donors (Lipinski definition) is 1. The van der Waals surface area contributed by atoms with Crippen LogP contribution in [0.1, 0.15) is 24.2 Å². The molecule has 0 bridgehead atoms. The van der Waals surface area contributed by atoms with Crippen LogP contribution in [0.25, 0.3) is 5.69 Å². The number of halogens is 2. The smallest absolute Gasteiger partial charge is 0.170 e. The zero-order valence-corrected chi connectivity index (χ0v) is 12.0. The van der Waals surface area contributed by atoms with Crippen LogP contribution in [0.15, 0.2) is 24.4 Å². The van der Waals surface area contributed by atoms with Gasteiger partial charge < -0.3 is 5.73 Å². The molecule has 1 aromatic heterocycles. The van der Waals surface area contributed by atoms with Crippen LogP contribution in [0.5, 0.6) is 0 Å². The second-order valence-electron chi connectivity index (χ2n) is 4.45. The lowest BCUT2D eigenvalue weighted by molar-refractivity contribution is 0.0940. The molecule has 0 saturated carbocycles. The minimum absolute atomic E-state index is 0.0538. The minimum Gasteiger partial charge on any atom is -0.383 e. The summed E-state index contributed by atoms with van der Waals surface area (Å²) >= 11 is 12.1. The number of carbonyl (C=O) groups excluding carboxylic acids is 1. The van der Waals surface area contributed by atoms with E-state index in [2.05, 4.69) is 5.10 Å². The average molecular weight is 298 g/mol. The highest BCUT2D eigenvalue weighted by Crippen LogP contribution is 2.30. The molecule has 2 aromatic rings. The van der Waals surface area contributed by atoms with Crippen LogP contribution >= 0.6 is 23.2 Å². The van der Waals surface area contributed by atoms with Crippen LogP contribution < -0.4 is 5.73 Å². The highest BCUT2D eigenvalue weighted by molar-refractivity contribution is 6.43. The van der Waals surface area contributed by atoms with E-state index in [1.807, 2.05) is 13.8 Å². The van der Waals surface area contributed by atoms with Gasteiger partial charge in [-0.1, -0.05) is 43.1 Å². The molecule has 4 nitrogen and oxygen atoms in total. The molecule has 0 aliphatic carbocycles. The molecule has 0 unspecified atom stereocenters. The number of aromatic nitrogens is 2. The predicted octanol–water partition coefficient (Wildman–Crippen LogP) is 3.60. The number of anilines is 1. The van der Waals surface area contributed by atoms with E-state index in [1.165, 1.54) is 10.9 Å². The summed E-state index contributed by atoms with van der Waals surface area (Å²) in [6.45, 7) is 3.62. The van der Waals surface area contributed by atoms with E-state index in [0.29, 0.717) is 21.3 Å². The number of Topliss-reactive ketones (excluding diaryl/α,β-unsaturated/α-hetero) is 1. The van der Waals surface area contributed by atoms with E-state index in [4.69, 9.17) is 28.9 Å². The Bertz CT molecular complexity index is 635. The summed E-state index contributed by atoms with van der Waals surface area (Å²) in [5.74, 6) is 0.0690. The SMILES string of the molecule is CC(C)C(=O)c1cnn(-c2cccc(Cl)c2Cl)c1N. The summed E-state index contributed by atoms with van der Waals surface area (Å²) in [4.78, 5) is 12.0. The first-order chi connectivity index (χ1) is 8.93. The van der Waals surface area contributed by atoms with Gasteiger partial charge in [-0.3, -0.25) is 4.79 Å². The van der Waals surface area contributed by atoms with E-state index in [1.54, 1.807) is 18.2 Å². The van der Waals surface area contributed by atoms with Crippen LogP contribution in [0, 0.1) is 5.92 Å². The van der Waals surface area contributed by atoms with Gasteiger partial charge in [0.25, 0.3) is 0 Å². The van der Waals surface area contributed by atoms with E-state index >= 15 is 0 Å². The van der Waals surface area contributed by atoms with Crippen molar-refractivity contribution >= 4 is 34.8 Å². The van der Waals surface area contributed by atoms with Gasteiger partial charge >= 0.3 is 0 Å². The monoisotopic (exact) mass is 297 g/mol. The number of benzene rings is 1. The van der Waals surface area contributed by atoms with Gasteiger partial charge in [0.2, 0.25) is 0 Å². The van der Waals surface area contributed by atoms with Crippen LogP contribution in [-0.4, -0.2) is 15.6 Å². The third-order valence-electron chi connectivity index (χ3n) is 2.76. The van der Waals surface area contributed by atoms with Crippen LogP contribution in [0.4, 0.5) is 5.82 Å². The Kier molecular flexibility index (Phi) is 3.83. The molecule has 100 valence electrons. The van der Waals surface area contributed by atoms with Crippen molar-refractivity contribution in [3.05, 3.63) is 40.0 Å². The van der Waals surface area contributed by atoms with Gasteiger partial charge in [-0.25, -0.2) is 4.68 Å². The fraction of sp³-hybridized carbons (Fsp3) is 0.231. The standard InChI is InChI=1S/C13H13Cl2N3O/c1-7(2)12(19)8-6-17-18(13(8)16)10-5-3-4-9(14)11(10)15/h3-7H,16H2,1-2H3. The fourth-order valence-corrected chi connectivity index (χ4v) is 2.08. The maximum absolute atomic E-state index is 12.0. The van der Waals surface area contributed by atoms with Gasteiger partial charge in [-0.05, 0) is 12.1 Å². The summed E-state index contributed by atoms with van der Waals surface area (Å²) in [5, 5.41) is 4.88. The first-order valence-corrected chi connectivity index (χ1v) is 6.51. The van der Waals surface area contributed by atoms with E-state index in [-0.39, 0.29) is 17.5 Å². The third-order valence-corrected chi connectivity index (χ3v) is 3.56. The van der Waals surface area contributed by atoms with Gasteiger partial charge in [-0.2, -0.15) is 5.10 Å². The largest absolute Gasteiger partial charge is 0.383 e. The first-order valence-electron chi connectivity index (χ1n) is 5.75. The Balaban J connectivity index is 2.54. The fourth-order valence-electron chi connectivity index (χ4n) is 1.71. The molecule has 0 saturated heterocycles. The van der Waals surface area contributed by atoms with Crippen molar-refractivity contribution in [3.8, 4) is 5.69 Å². The summed E-state index contributed by atoms with van der Waals surface area (Å²) in [5.41, 5.74) is 6.92. The highest BCUT2D eigenvalue weighted by atomic mass is 35.5. The van der Waals surface area contributed by atoms with Gasteiger partial charge in [0.1, 0.15) is 5.82 Å². The zero-order valence-electron chi connectivity index (χ0n) is 10.5. The highest BCUT2D eigenvalue weighted by Gasteiger charge is 2.19. The molecule has 1 aromatic carbocycles. The molecule has 0 fully saturated rings. The Morgan fingerprint density at radius 1 is 1.37 bits per heavy atom. The van der Waals surface area contributed by atoms with Gasteiger partial charge in [-0.15, -0.1) is 0 Å².